The molecule has 3 rings (SSSR count). The Labute approximate surface area is 164 Å². The number of aromatic nitrogens is 2. The van der Waals surface area contributed by atoms with E-state index in [2.05, 4.69) is 15.5 Å². The highest BCUT2D eigenvalue weighted by molar-refractivity contribution is 7.91. The number of benzene rings is 2. The summed E-state index contributed by atoms with van der Waals surface area (Å²) < 4.78 is 23.6. The van der Waals surface area contributed by atoms with Crippen molar-refractivity contribution < 1.29 is 13.2 Å². The molecule has 0 aliphatic heterocycles. The fourth-order valence-electron chi connectivity index (χ4n) is 2.72. The number of hydrogen-bond acceptors (Lipinski definition) is 5. The second-order valence-corrected chi connectivity index (χ2v) is 8.68. The molecule has 1 N–H and O–H groups in total. The molecule has 3 aromatic rings. The third kappa shape index (κ3) is 4.80. The van der Waals surface area contributed by atoms with Gasteiger partial charge in [-0.05, 0) is 36.8 Å². The van der Waals surface area contributed by atoms with Gasteiger partial charge >= 0.3 is 0 Å². The van der Waals surface area contributed by atoms with Crippen molar-refractivity contribution in [2.24, 2.45) is 0 Å². The first-order valence-corrected chi connectivity index (χ1v) is 10.5. The smallest absolute Gasteiger partial charge is 0.228 e. The maximum atomic E-state index is 12.2. The van der Waals surface area contributed by atoms with E-state index in [1.54, 1.807) is 37.3 Å². The quantitative estimate of drug-likeness (QED) is 0.691. The average Bonchev–Trinajstić information content (AvgIpc) is 2.68. The molecule has 0 bridgehead atoms. The standard InChI is InChI=1S/C21H21N3O3S/c1-3-28(26,27)21-12-11-19(23-24-21)17-7-9-18(10-8-17)22-20(25)14-16-6-4-5-15(2)13-16/h4-13H,3,14H2,1-2H3,(H,22,25). The van der Waals surface area contributed by atoms with E-state index in [1.165, 1.54) is 6.07 Å². The van der Waals surface area contributed by atoms with E-state index in [0.717, 1.165) is 16.7 Å². The van der Waals surface area contributed by atoms with Gasteiger partial charge in [-0.15, -0.1) is 10.2 Å². The van der Waals surface area contributed by atoms with Gasteiger partial charge in [0, 0.05) is 11.3 Å². The van der Waals surface area contributed by atoms with E-state index >= 15 is 0 Å². The first kappa shape index (κ1) is 19.7. The van der Waals surface area contributed by atoms with Gasteiger partial charge in [0.15, 0.2) is 14.9 Å². The Hall–Kier alpha value is -3.06. The van der Waals surface area contributed by atoms with Crippen LogP contribution < -0.4 is 5.32 Å². The number of sulfone groups is 1. The van der Waals surface area contributed by atoms with Gasteiger partial charge in [-0.1, -0.05) is 48.9 Å². The second kappa shape index (κ2) is 8.31. The van der Waals surface area contributed by atoms with E-state index in [-0.39, 0.29) is 16.7 Å². The highest BCUT2D eigenvalue weighted by Crippen LogP contribution is 2.20. The number of nitrogens with one attached hydrogen (secondary N) is 1. The molecule has 0 radical (unpaired) electrons. The fraction of sp³-hybridized carbons (Fsp3) is 0.190. The predicted octanol–water partition coefficient (Wildman–Crippen LogP) is 3.43. The summed E-state index contributed by atoms with van der Waals surface area (Å²) in [6.07, 6.45) is 0.308. The fourth-order valence-corrected chi connectivity index (χ4v) is 3.46. The minimum Gasteiger partial charge on any atom is -0.326 e. The van der Waals surface area contributed by atoms with Crippen LogP contribution in [0, 0.1) is 6.92 Å². The van der Waals surface area contributed by atoms with Crippen molar-refractivity contribution in [2.75, 3.05) is 11.1 Å². The molecule has 7 heteroatoms. The molecule has 0 atom stereocenters. The van der Waals surface area contributed by atoms with Crippen molar-refractivity contribution in [3.05, 3.63) is 71.8 Å². The zero-order chi connectivity index (χ0) is 20.1. The highest BCUT2D eigenvalue weighted by atomic mass is 32.2. The normalized spacial score (nSPS) is 11.2. The van der Waals surface area contributed by atoms with Gasteiger partial charge < -0.3 is 5.32 Å². The number of anilines is 1. The molecule has 0 unspecified atom stereocenters. The van der Waals surface area contributed by atoms with Crippen molar-refractivity contribution in [1.29, 1.82) is 0 Å². The molecule has 0 aliphatic carbocycles. The molecule has 2 aromatic carbocycles. The summed E-state index contributed by atoms with van der Waals surface area (Å²) in [5, 5.41) is 10.7. The number of amides is 1. The van der Waals surface area contributed by atoms with E-state index in [0.29, 0.717) is 17.8 Å². The second-order valence-electron chi connectivity index (χ2n) is 6.45. The zero-order valence-corrected chi connectivity index (χ0v) is 16.5. The molecule has 28 heavy (non-hydrogen) atoms. The lowest BCUT2D eigenvalue weighted by atomic mass is 10.1. The Bertz CT molecular complexity index is 1080. The Morgan fingerprint density at radius 2 is 1.75 bits per heavy atom. The Morgan fingerprint density at radius 1 is 1.00 bits per heavy atom. The third-order valence-corrected chi connectivity index (χ3v) is 5.87. The van der Waals surface area contributed by atoms with Crippen molar-refractivity contribution in [3.63, 3.8) is 0 Å². The van der Waals surface area contributed by atoms with Crippen LogP contribution in [0.5, 0.6) is 0 Å². The SMILES string of the molecule is CCS(=O)(=O)c1ccc(-c2ccc(NC(=O)Cc3cccc(C)c3)cc2)nn1. The number of carbonyl (C=O) groups is 1. The van der Waals surface area contributed by atoms with Crippen LogP contribution in [0.3, 0.4) is 0 Å². The van der Waals surface area contributed by atoms with E-state index in [1.807, 2.05) is 31.2 Å². The number of hydrogen-bond donors (Lipinski definition) is 1. The lowest BCUT2D eigenvalue weighted by Gasteiger charge is -2.07. The molecule has 1 amide bonds. The van der Waals surface area contributed by atoms with Crippen LogP contribution in [0.15, 0.2) is 65.7 Å². The molecule has 1 aromatic heterocycles. The van der Waals surface area contributed by atoms with E-state index in [9.17, 15) is 13.2 Å². The summed E-state index contributed by atoms with van der Waals surface area (Å²) in [6, 6.07) is 18.1. The molecular weight excluding hydrogens is 374 g/mol. The minimum absolute atomic E-state index is 0.0159. The molecule has 0 fully saturated rings. The van der Waals surface area contributed by atoms with E-state index in [4.69, 9.17) is 0 Å². The number of aryl methyl sites for hydroxylation is 1. The van der Waals surface area contributed by atoms with Crippen LogP contribution in [-0.4, -0.2) is 30.3 Å². The molecular formula is C21H21N3O3S. The molecule has 0 aliphatic rings. The van der Waals surface area contributed by atoms with Gasteiger partial charge in [0.05, 0.1) is 17.9 Å². The van der Waals surface area contributed by atoms with Crippen LogP contribution in [0.4, 0.5) is 5.69 Å². The molecule has 0 spiro atoms. The summed E-state index contributed by atoms with van der Waals surface area (Å²) in [5.74, 6) is -0.106. The van der Waals surface area contributed by atoms with Crippen molar-refractivity contribution in [1.82, 2.24) is 10.2 Å². The van der Waals surface area contributed by atoms with Crippen molar-refractivity contribution >= 4 is 21.4 Å². The Balaban J connectivity index is 1.67. The number of rotatable bonds is 6. The summed E-state index contributed by atoms with van der Waals surface area (Å²) in [6.45, 7) is 3.56. The highest BCUT2D eigenvalue weighted by Gasteiger charge is 2.14. The molecule has 6 nitrogen and oxygen atoms in total. The Morgan fingerprint density at radius 3 is 2.36 bits per heavy atom. The van der Waals surface area contributed by atoms with Gasteiger partial charge in [-0.25, -0.2) is 8.42 Å². The lowest BCUT2D eigenvalue weighted by Crippen LogP contribution is -2.14. The summed E-state index contributed by atoms with van der Waals surface area (Å²) in [4.78, 5) is 12.2. The summed E-state index contributed by atoms with van der Waals surface area (Å²) in [5.41, 5.74) is 4.11. The number of carbonyl (C=O) groups excluding carboxylic acids is 1. The van der Waals surface area contributed by atoms with E-state index < -0.39 is 9.84 Å². The van der Waals surface area contributed by atoms with Crippen LogP contribution in [0.2, 0.25) is 0 Å². The molecule has 144 valence electrons. The molecule has 1 heterocycles. The van der Waals surface area contributed by atoms with Gasteiger partial charge in [0.25, 0.3) is 0 Å². The van der Waals surface area contributed by atoms with Crippen molar-refractivity contribution in [2.45, 2.75) is 25.3 Å². The molecule has 0 saturated carbocycles. The molecule has 0 saturated heterocycles. The van der Waals surface area contributed by atoms with Crippen molar-refractivity contribution in [3.8, 4) is 11.3 Å². The monoisotopic (exact) mass is 395 g/mol. The van der Waals surface area contributed by atoms with Crippen LogP contribution >= 0.6 is 0 Å². The van der Waals surface area contributed by atoms with Crippen LogP contribution in [-0.2, 0) is 21.1 Å². The maximum absolute atomic E-state index is 12.2. The first-order valence-electron chi connectivity index (χ1n) is 8.90. The third-order valence-electron chi connectivity index (χ3n) is 4.25. The van der Waals surface area contributed by atoms with Gasteiger partial charge in [0.2, 0.25) is 5.91 Å². The largest absolute Gasteiger partial charge is 0.326 e. The first-order chi connectivity index (χ1) is 13.4. The van der Waals surface area contributed by atoms with Crippen LogP contribution in [0.1, 0.15) is 18.1 Å². The van der Waals surface area contributed by atoms with Crippen LogP contribution in [0.25, 0.3) is 11.3 Å². The minimum atomic E-state index is -3.37. The Kier molecular flexibility index (Phi) is 5.84. The average molecular weight is 395 g/mol. The number of nitrogens with zero attached hydrogens (tertiary/aromatic N) is 2. The topological polar surface area (TPSA) is 89.0 Å². The maximum Gasteiger partial charge on any atom is 0.228 e. The van der Waals surface area contributed by atoms with Gasteiger partial charge in [-0.3, -0.25) is 4.79 Å². The summed E-state index contributed by atoms with van der Waals surface area (Å²) >= 11 is 0. The zero-order valence-electron chi connectivity index (χ0n) is 15.7. The van der Waals surface area contributed by atoms with Gasteiger partial charge in [-0.2, -0.15) is 0 Å². The lowest BCUT2D eigenvalue weighted by molar-refractivity contribution is -0.115. The van der Waals surface area contributed by atoms with Gasteiger partial charge in [0.1, 0.15) is 0 Å². The predicted molar refractivity (Wildman–Crippen MR) is 109 cm³/mol. The summed E-state index contributed by atoms with van der Waals surface area (Å²) in [7, 11) is -3.37.